The number of benzene rings is 7. The van der Waals surface area contributed by atoms with Crippen LogP contribution in [0.5, 0.6) is 23.0 Å². The van der Waals surface area contributed by atoms with Crippen LogP contribution in [0.3, 0.4) is 0 Å². The number of thiazole rings is 1. The molecule has 7 aromatic carbocycles. The van der Waals surface area contributed by atoms with Crippen molar-refractivity contribution in [3.05, 3.63) is 168 Å². The molecule has 3 unspecified atom stereocenters. The van der Waals surface area contributed by atoms with E-state index in [0.29, 0.717) is 86.1 Å². The largest absolute Gasteiger partial charge is 0.494 e. The highest BCUT2D eigenvalue weighted by molar-refractivity contribution is 7.23. The monoisotopic (exact) mass is 1320 g/mol. The lowest BCUT2D eigenvalue weighted by Gasteiger charge is -2.40. The van der Waals surface area contributed by atoms with E-state index < -0.39 is 41.0 Å². The summed E-state index contributed by atoms with van der Waals surface area (Å²) in [6, 6.07) is 32.8. The van der Waals surface area contributed by atoms with Crippen LogP contribution in [0.4, 0.5) is 22.7 Å². The molecule has 1 aliphatic carbocycles. The van der Waals surface area contributed by atoms with Crippen LogP contribution >= 0.6 is 11.3 Å². The Morgan fingerprint density at radius 1 is 0.747 bits per heavy atom. The SMILES string of the molecule is C=CC(=O)OCCCCCCN(/N=C/c1cc(OC(F)(F)c2ccc(-c3ccc(OCCCCCOCC4CCC5OC5C4)cc3)c(F)c2F)c2ccccc2c1OC(=O)c1ccc(OCCCCCCOCC2(CC)COC2)c(C)c1)c1nc2ccc3ccccc3c2s1. The second-order valence-electron chi connectivity index (χ2n) is 25.0. The van der Waals surface area contributed by atoms with Crippen LogP contribution in [0.15, 0.2) is 139 Å². The zero-order valence-electron chi connectivity index (χ0n) is 54.1. The topological polar surface area (TPSA) is 149 Å². The lowest BCUT2D eigenvalue weighted by atomic mass is 9.84. The number of rotatable bonds is 37. The third-order valence-corrected chi connectivity index (χ3v) is 19.1. The Hall–Kier alpha value is -7.94. The first-order valence-electron chi connectivity index (χ1n) is 33.4. The van der Waals surface area contributed by atoms with Crippen molar-refractivity contribution in [2.24, 2.45) is 16.4 Å². The van der Waals surface area contributed by atoms with E-state index in [1.54, 1.807) is 65.7 Å². The van der Waals surface area contributed by atoms with Gasteiger partial charge >= 0.3 is 18.0 Å². The van der Waals surface area contributed by atoms with Gasteiger partial charge in [-0.2, -0.15) is 13.9 Å². The van der Waals surface area contributed by atoms with Crippen molar-refractivity contribution in [2.75, 3.05) is 71.0 Å². The highest BCUT2D eigenvalue weighted by Gasteiger charge is 2.44. The van der Waals surface area contributed by atoms with Gasteiger partial charge in [-0.1, -0.05) is 110 Å². The number of carbonyl (C=O) groups is 2. The number of fused-ring (bicyclic) bond motifs is 5. The molecular weight excluding hydrogens is 1240 g/mol. The fourth-order valence-corrected chi connectivity index (χ4v) is 13.2. The number of hydrogen-bond acceptors (Lipinski definition) is 15. The van der Waals surface area contributed by atoms with Gasteiger partial charge in [-0.25, -0.2) is 28.4 Å². The third kappa shape index (κ3) is 17.8. The van der Waals surface area contributed by atoms with Gasteiger partial charge in [0.25, 0.3) is 0 Å². The summed E-state index contributed by atoms with van der Waals surface area (Å²) in [6.07, 6.45) is 12.5. The summed E-state index contributed by atoms with van der Waals surface area (Å²) in [5, 5.41) is 9.48. The van der Waals surface area contributed by atoms with Gasteiger partial charge in [-0.3, -0.25) is 0 Å². The maximum absolute atomic E-state index is 16.9. The van der Waals surface area contributed by atoms with Gasteiger partial charge in [0, 0.05) is 65.1 Å². The molecule has 2 aliphatic heterocycles. The zero-order chi connectivity index (χ0) is 66.2. The molecule has 0 radical (unpaired) electrons. The minimum Gasteiger partial charge on any atom is -0.494 e. The summed E-state index contributed by atoms with van der Waals surface area (Å²) in [5.74, 6) is -3.29. The summed E-state index contributed by atoms with van der Waals surface area (Å²) in [5.41, 5.74) is 0.524. The quantitative estimate of drug-likeness (QED) is 0.00532. The molecule has 0 bridgehead atoms. The van der Waals surface area contributed by atoms with E-state index in [1.807, 2.05) is 43.3 Å². The first-order valence-corrected chi connectivity index (χ1v) is 34.2. The molecule has 0 spiro atoms. The molecule has 3 fully saturated rings. The molecule has 0 N–H and O–H groups in total. The Morgan fingerprint density at radius 2 is 1.46 bits per heavy atom. The Balaban J connectivity index is 0.810. The minimum absolute atomic E-state index is 0.0319. The van der Waals surface area contributed by atoms with Crippen molar-refractivity contribution in [2.45, 2.75) is 128 Å². The molecule has 14 nitrogen and oxygen atoms in total. The lowest BCUT2D eigenvalue weighted by molar-refractivity contribution is -0.187. The Kier molecular flexibility index (Phi) is 23.5. The number of anilines is 1. The first-order chi connectivity index (χ1) is 46.3. The van der Waals surface area contributed by atoms with Crippen molar-refractivity contribution in [1.82, 2.24) is 4.98 Å². The second kappa shape index (κ2) is 32.7. The van der Waals surface area contributed by atoms with Gasteiger partial charge in [-0.05, 0) is 161 Å². The smallest absolute Gasteiger partial charge is 0.429 e. The predicted molar refractivity (Wildman–Crippen MR) is 363 cm³/mol. The molecule has 1 aromatic heterocycles. The number of epoxide rings is 1. The number of halogens is 4. The predicted octanol–water partition coefficient (Wildman–Crippen LogP) is 17.8. The van der Waals surface area contributed by atoms with E-state index in [9.17, 15) is 9.59 Å². The number of aryl methyl sites for hydroxylation is 1. The number of aromatic nitrogens is 1. The molecular formula is C76H83F4N3O11S. The average Bonchev–Trinajstić information content (AvgIpc) is 1.76. The fourth-order valence-electron chi connectivity index (χ4n) is 12.2. The molecule has 8 aromatic rings. The molecule has 502 valence electrons. The summed E-state index contributed by atoms with van der Waals surface area (Å²) in [4.78, 5) is 31.2. The highest BCUT2D eigenvalue weighted by Crippen LogP contribution is 2.44. The summed E-state index contributed by atoms with van der Waals surface area (Å²) >= 11 is 1.43. The third-order valence-electron chi connectivity index (χ3n) is 18.0. The molecule has 3 heterocycles. The molecule has 95 heavy (non-hydrogen) atoms. The number of esters is 2. The van der Waals surface area contributed by atoms with Gasteiger partial charge in [0.1, 0.15) is 28.6 Å². The molecule has 3 aliphatic rings. The first kappa shape index (κ1) is 68.4. The number of nitrogens with zero attached hydrogens (tertiary/aromatic N) is 3. The van der Waals surface area contributed by atoms with Crippen LogP contribution in [0.25, 0.3) is 42.9 Å². The van der Waals surface area contributed by atoms with Gasteiger partial charge in [0.2, 0.25) is 5.13 Å². The van der Waals surface area contributed by atoms with Crippen LogP contribution in [-0.2, 0) is 34.6 Å². The van der Waals surface area contributed by atoms with Crippen LogP contribution < -0.4 is 24.0 Å². The lowest BCUT2D eigenvalue weighted by Crippen LogP contribution is -2.45. The highest BCUT2D eigenvalue weighted by atomic mass is 32.1. The van der Waals surface area contributed by atoms with E-state index in [-0.39, 0.29) is 50.8 Å². The normalized spacial score (nSPS) is 16.6. The van der Waals surface area contributed by atoms with Crippen LogP contribution in [0.1, 0.15) is 130 Å². The number of unbranched alkanes of at least 4 members (excludes halogenated alkanes) is 8. The van der Waals surface area contributed by atoms with E-state index >= 15 is 17.6 Å². The molecule has 1 saturated carbocycles. The Morgan fingerprint density at radius 3 is 2.21 bits per heavy atom. The van der Waals surface area contributed by atoms with E-state index in [0.717, 1.165) is 149 Å². The Labute approximate surface area is 556 Å². The number of alkyl halides is 2. The Bertz CT molecular complexity index is 3950. The number of carbonyl (C=O) groups excluding carboxylic acids is 2. The van der Waals surface area contributed by atoms with Crippen molar-refractivity contribution in [1.29, 1.82) is 0 Å². The van der Waals surface area contributed by atoms with Gasteiger partial charge in [-0.15, -0.1) is 0 Å². The summed E-state index contributed by atoms with van der Waals surface area (Å²) < 4.78 is 119. The molecule has 11 rings (SSSR count). The average molecular weight is 1320 g/mol. The van der Waals surface area contributed by atoms with Crippen molar-refractivity contribution >= 4 is 66.4 Å². The molecule has 2 saturated heterocycles. The maximum Gasteiger partial charge on any atom is 0.429 e. The van der Waals surface area contributed by atoms with Crippen molar-refractivity contribution in [3.63, 3.8) is 0 Å². The summed E-state index contributed by atoms with van der Waals surface area (Å²) in [7, 11) is 0. The van der Waals surface area contributed by atoms with Crippen molar-refractivity contribution in [3.8, 4) is 34.1 Å². The number of hydrazone groups is 1. The maximum atomic E-state index is 16.9. The minimum atomic E-state index is -4.45. The zero-order valence-corrected chi connectivity index (χ0v) is 54.9. The van der Waals surface area contributed by atoms with E-state index in [2.05, 4.69) is 13.5 Å². The van der Waals surface area contributed by atoms with Crippen LogP contribution in [0.2, 0.25) is 0 Å². The van der Waals surface area contributed by atoms with Gasteiger partial charge < -0.3 is 42.6 Å². The van der Waals surface area contributed by atoms with Crippen LogP contribution in [0, 0.1) is 29.9 Å². The molecule has 19 heteroatoms. The fraction of sp³-hybridized carbons (Fsp3) is 0.421. The molecule has 3 atom stereocenters. The molecule has 0 amide bonds. The second-order valence-corrected chi connectivity index (χ2v) is 25.9. The standard InChI is InChI=1S/C76H83F4N3O11S/c1-4-68(84)91-42-19-7-6-15-37-83(74-82-63-34-28-53-21-11-12-22-59(53)72(63)95-74)81-46-56-45-66(60-23-13-14-24-61(60)71(56)93-73(85)55-29-36-64(51(3)43-55)90-41-18-9-8-16-39-87-48-75(5-2)49-88-50-75)94-76(79,80)62-33-32-58(69(77)70(62)78)54-26-30-57(31-27-54)89-40-20-10-17-38-86-47-52-25-35-65-67(44-52)92-65/h4,11-14,21-24,26-34,36,43,45-46,52,65,67H,1,5-10,15-20,25,35,37-42,44,47-50H2,2-3H3/b81-46+. The van der Waals surface area contributed by atoms with Crippen LogP contribution in [-0.4, -0.2) is 101 Å². The van der Waals surface area contributed by atoms with Gasteiger partial charge in [0.05, 0.1) is 73.8 Å². The summed E-state index contributed by atoms with van der Waals surface area (Å²) in [6.45, 7) is 13.4. The number of hydrogen-bond donors (Lipinski definition) is 0. The van der Waals surface area contributed by atoms with Crippen molar-refractivity contribution < 1.29 is 69.8 Å². The van der Waals surface area contributed by atoms with E-state index in [4.69, 9.17) is 52.7 Å². The number of ether oxygens (including phenoxy) is 9. The van der Waals surface area contributed by atoms with E-state index in [1.165, 1.54) is 29.7 Å². The van der Waals surface area contributed by atoms with Gasteiger partial charge in [0.15, 0.2) is 11.6 Å².